The summed E-state index contributed by atoms with van der Waals surface area (Å²) in [5.74, 6) is 0. The summed E-state index contributed by atoms with van der Waals surface area (Å²) in [5.41, 5.74) is 1.82. The van der Waals surface area contributed by atoms with Gasteiger partial charge in [-0.25, -0.2) is 13.2 Å². The number of carbonyl (C=O) groups excluding carboxylic acids is 1. The van der Waals surface area contributed by atoms with Gasteiger partial charge in [0, 0.05) is 35.3 Å². The van der Waals surface area contributed by atoms with E-state index in [1.165, 1.54) is 12.1 Å². The summed E-state index contributed by atoms with van der Waals surface area (Å²) in [4.78, 5) is 15.9. The van der Waals surface area contributed by atoms with Crippen LogP contribution in [0.25, 0.3) is 0 Å². The fourth-order valence-corrected chi connectivity index (χ4v) is 3.69. The van der Waals surface area contributed by atoms with Crippen LogP contribution in [-0.4, -0.2) is 19.4 Å². The molecule has 0 bridgehead atoms. The maximum atomic E-state index is 12.4. The minimum Gasteiger partial charge on any atom is -0.334 e. The minimum atomic E-state index is -3.75. The maximum absolute atomic E-state index is 12.4. The second-order valence-corrected chi connectivity index (χ2v) is 7.92. The molecule has 2 aromatic carbocycles. The molecule has 0 saturated heterocycles. The van der Waals surface area contributed by atoms with E-state index in [1.54, 1.807) is 60.9 Å². The summed E-state index contributed by atoms with van der Waals surface area (Å²) in [6.07, 6.45) is 3.30. The fraction of sp³-hybridized carbons (Fsp3) is 0.0526. The van der Waals surface area contributed by atoms with Gasteiger partial charge in [-0.3, -0.25) is 9.71 Å². The smallest absolute Gasteiger partial charge is 0.319 e. The predicted octanol–water partition coefficient (Wildman–Crippen LogP) is 3.86. The molecule has 7 nitrogen and oxygen atoms in total. The van der Waals surface area contributed by atoms with Crippen LogP contribution in [-0.2, 0) is 16.6 Å². The molecular weight excluding hydrogens is 400 g/mol. The van der Waals surface area contributed by atoms with Crippen molar-refractivity contribution >= 4 is 39.0 Å². The molecule has 3 rings (SSSR count). The lowest BCUT2D eigenvalue weighted by molar-refractivity contribution is 0.251. The Hall–Kier alpha value is -3.10. The summed E-state index contributed by atoms with van der Waals surface area (Å²) in [7, 11) is -3.75. The van der Waals surface area contributed by atoms with Gasteiger partial charge in [0.05, 0.1) is 4.90 Å². The van der Waals surface area contributed by atoms with Gasteiger partial charge in [-0.05, 0) is 60.2 Å². The Labute approximate surface area is 167 Å². The molecule has 3 N–H and O–H groups in total. The lowest BCUT2D eigenvalue weighted by Gasteiger charge is -2.10. The summed E-state index contributed by atoms with van der Waals surface area (Å²) in [6, 6.07) is 15.5. The number of benzene rings is 2. The van der Waals surface area contributed by atoms with Crippen LogP contribution in [0.15, 0.2) is 78.0 Å². The quantitative estimate of drug-likeness (QED) is 0.568. The van der Waals surface area contributed by atoms with E-state index in [1.807, 2.05) is 0 Å². The second kappa shape index (κ2) is 8.73. The molecule has 0 aliphatic carbocycles. The van der Waals surface area contributed by atoms with Crippen molar-refractivity contribution in [1.82, 2.24) is 10.3 Å². The van der Waals surface area contributed by atoms with E-state index in [9.17, 15) is 13.2 Å². The molecule has 0 saturated carbocycles. The standard InChI is InChI=1S/C19H17ClN4O3S/c20-15-2-1-3-18(12-15)28(26,27)24-17-6-4-16(5-7-17)23-19(25)22-13-14-8-10-21-11-9-14/h1-12,24H,13H2,(H2,22,23,25). The van der Waals surface area contributed by atoms with Crippen LogP contribution in [0.2, 0.25) is 5.02 Å². The monoisotopic (exact) mass is 416 g/mol. The number of urea groups is 1. The van der Waals surface area contributed by atoms with Crippen LogP contribution in [0, 0.1) is 0 Å². The Morgan fingerprint density at radius 3 is 2.32 bits per heavy atom. The molecule has 1 heterocycles. The van der Waals surface area contributed by atoms with Gasteiger partial charge in [0.1, 0.15) is 0 Å². The van der Waals surface area contributed by atoms with Crippen LogP contribution >= 0.6 is 11.6 Å². The van der Waals surface area contributed by atoms with E-state index < -0.39 is 10.0 Å². The highest BCUT2D eigenvalue weighted by atomic mass is 35.5. The molecule has 0 aliphatic heterocycles. The summed E-state index contributed by atoms with van der Waals surface area (Å²) in [5, 5.41) is 5.74. The molecule has 1 aromatic heterocycles. The Balaban J connectivity index is 1.58. The highest BCUT2D eigenvalue weighted by Crippen LogP contribution is 2.20. The van der Waals surface area contributed by atoms with Crippen LogP contribution < -0.4 is 15.4 Å². The molecule has 0 spiro atoms. The van der Waals surface area contributed by atoms with Gasteiger partial charge in [0.25, 0.3) is 10.0 Å². The normalized spacial score (nSPS) is 10.9. The number of sulfonamides is 1. The first-order valence-corrected chi connectivity index (χ1v) is 10.1. The summed E-state index contributed by atoms with van der Waals surface area (Å²) in [6.45, 7) is 0.367. The molecule has 0 aliphatic rings. The van der Waals surface area contributed by atoms with E-state index in [0.717, 1.165) is 5.56 Å². The SMILES string of the molecule is O=C(NCc1ccncc1)Nc1ccc(NS(=O)(=O)c2cccc(Cl)c2)cc1. The first-order valence-electron chi connectivity index (χ1n) is 8.24. The van der Waals surface area contributed by atoms with Crippen molar-refractivity contribution in [3.05, 3.63) is 83.6 Å². The number of nitrogens with one attached hydrogen (secondary N) is 3. The van der Waals surface area contributed by atoms with Crippen molar-refractivity contribution in [3.8, 4) is 0 Å². The first-order chi connectivity index (χ1) is 13.4. The van der Waals surface area contributed by atoms with Crippen molar-refractivity contribution in [2.24, 2.45) is 0 Å². The number of pyridine rings is 1. The molecule has 28 heavy (non-hydrogen) atoms. The molecule has 0 radical (unpaired) electrons. The lowest BCUT2D eigenvalue weighted by Crippen LogP contribution is -2.28. The Bertz CT molecular complexity index is 1060. The Morgan fingerprint density at radius 2 is 1.64 bits per heavy atom. The number of aromatic nitrogens is 1. The van der Waals surface area contributed by atoms with Crippen molar-refractivity contribution in [2.45, 2.75) is 11.4 Å². The predicted molar refractivity (Wildman–Crippen MR) is 109 cm³/mol. The summed E-state index contributed by atoms with van der Waals surface area (Å²) >= 11 is 5.85. The van der Waals surface area contributed by atoms with Crippen molar-refractivity contribution in [3.63, 3.8) is 0 Å². The first kappa shape index (κ1) is 19.7. The highest BCUT2D eigenvalue weighted by Gasteiger charge is 2.14. The highest BCUT2D eigenvalue weighted by molar-refractivity contribution is 7.92. The van der Waals surface area contributed by atoms with Crippen molar-refractivity contribution in [2.75, 3.05) is 10.0 Å². The third kappa shape index (κ3) is 5.45. The topological polar surface area (TPSA) is 100 Å². The minimum absolute atomic E-state index is 0.0673. The molecule has 144 valence electrons. The molecular formula is C19H17ClN4O3S. The zero-order valence-electron chi connectivity index (χ0n) is 14.6. The third-order valence-corrected chi connectivity index (χ3v) is 5.32. The molecule has 0 fully saturated rings. The molecule has 3 aromatic rings. The van der Waals surface area contributed by atoms with E-state index in [0.29, 0.717) is 22.9 Å². The second-order valence-electron chi connectivity index (χ2n) is 5.80. The molecule has 0 atom stereocenters. The van der Waals surface area contributed by atoms with Crippen molar-refractivity contribution < 1.29 is 13.2 Å². The average molecular weight is 417 g/mol. The molecule has 0 unspecified atom stereocenters. The van der Waals surface area contributed by atoms with E-state index in [-0.39, 0.29) is 10.9 Å². The number of hydrogen-bond donors (Lipinski definition) is 3. The number of anilines is 2. The van der Waals surface area contributed by atoms with Gasteiger partial charge >= 0.3 is 6.03 Å². The zero-order valence-corrected chi connectivity index (χ0v) is 16.2. The maximum Gasteiger partial charge on any atom is 0.319 e. The number of nitrogens with zero attached hydrogens (tertiary/aromatic N) is 1. The van der Waals surface area contributed by atoms with Gasteiger partial charge in [0.15, 0.2) is 0 Å². The van der Waals surface area contributed by atoms with E-state index in [4.69, 9.17) is 11.6 Å². The van der Waals surface area contributed by atoms with Gasteiger partial charge in [-0.15, -0.1) is 0 Å². The largest absolute Gasteiger partial charge is 0.334 e. The number of amides is 2. The van der Waals surface area contributed by atoms with E-state index in [2.05, 4.69) is 20.3 Å². The van der Waals surface area contributed by atoms with Crippen LogP contribution in [0.3, 0.4) is 0 Å². The zero-order chi connectivity index (χ0) is 20.0. The van der Waals surface area contributed by atoms with Crippen LogP contribution in [0.5, 0.6) is 0 Å². The van der Waals surface area contributed by atoms with Crippen LogP contribution in [0.4, 0.5) is 16.2 Å². The lowest BCUT2D eigenvalue weighted by atomic mass is 10.3. The molecule has 2 amide bonds. The van der Waals surface area contributed by atoms with Gasteiger partial charge in [-0.2, -0.15) is 0 Å². The number of rotatable bonds is 6. The van der Waals surface area contributed by atoms with Crippen LogP contribution in [0.1, 0.15) is 5.56 Å². The Kier molecular flexibility index (Phi) is 6.13. The number of carbonyl (C=O) groups is 1. The van der Waals surface area contributed by atoms with Gasteiger partial charge < -0.3 is 10.6 Å². The fourth-order valence-electron chi connectivity index (χ4n) is 2.33. The Morgan fingerprint density at radius 1 is 0.964 bits per heavy atom. The number of halogens is 1. The third-order valence-electron chi connectivity index (χ3n) is 3.70. The molecule has 9 heteroatoms. The van der Waals surface area contributed by atoms with E-state index >= 15 is 0 Å². The van der Waals surface area contributed by atoms with Crippen molar-refractivity contribution in [1.29, 1.82) is 0 Å². The van der Waals surface area contributed by atoms with Gasteiger partial charge in [-0.1, -0.05) is 17.7 Å². The average Bonchev–Trinajstić information content (AvgIpc) is 2.68. The summed E-state index contributed by atoms with van der Waals surface area (Å²) < 4.78 is 27.2. The van der Waals surface area contributed by atoms with Gasteiger partial charge in [0.2, 0.25) is 0 Å². The number of hydrogen-bond acceptors (Lipinski definition) is 4.